The van der Waals surface area contributed by atoms with Gasteiger partial charge in [-0.15, -0.1) is 0 Å². The maximum atomic E-state index is 11.2. The van der Waals surface area contributed by atoms with Crippen LogP contribution < -0.4 is 10.3 Å². The van der Waals surface area contributed by atoms with Crippen molar-refractivity contribution in [1.82, 2.24) is 5.10 Å². The molecule has 0 unspecified atom stereocenters. The van der Waals surface area contributed by atoms with Crippen LogP contribution in [0.1, 0.15) is 31.7 Å². The Hall–Kier alpha value is -1.32. The van der Waals surface area contributed by atoms with Crippen LogP contribution in [-0.4, -0.2) is 5.10 Å². The molecule has 0 saturated carbocycles. The lowest BCUT2D eigenvalue weighted by Gasteiger charge is -1.98. The monoisotopic (exact) mass is 182 g/mol. The highest BCUT2D eigenvalue weighted by Gasteiger charge is 2.01. The predicted octanol–water partition coefficient (Wildman–Crippen LogP) is 0.741. The molecular formula is C9H14N2O2. The number of hydrogen-bond donors (Lipinski definition) is 1. The lowest BCUT2D eigenvalue weighted by molar-refractivity contribution is -0.670. The molecule has 0 spiro atoms. The van der Waals surface area contributed by atoms with Crippen LogP contribution in [-0.2, 0) is 6.42 Å². The second kappa shape index (κ2) is 4.64. The summed E-state index contributed by atoms with van der Waals surface area (Å²) >= 11 is 0. The molecule has 1 aromatic rings. The second-order valence-electron chi connectivity index (χ2n) is 3.07. The number of aryl methyl sites for hydroxylation is 1. The molecule has 0 fully saturated rings. The Bertz CT molecular complexity index is 320. The minimum absolute atomic E-state index is 0.176. The van der Waals surface area contributed by atoms with Crippen LogP contribution in [0.2, 0.25) is 0 Å². The summed E-state index contributed by atoms with van der Waals surface area (Å²) in [6.45, 7) is 2.11. The maximum absolute atomic E-state index is 11.2. The van der Waals surface area contributed by atoms with Crippen LogP contribution >= 0.6 is 0 Å². The first-order valence-electron chi connectivity index (χ1n) is 4.55. The number of rotatable bonds is 4. The number of unbranched alkanes of at least 4 members (excludes halogenated alkanes) is 2. The highest BCUT2D eigenvalue weighted by molar-refractivity contribution is 5.04. The third kappa shape index (κ3) is 2.89. The molecule has 0 amide bonds. The van der Waals surface area contributed by atoms with Gasteiger partial charge in [0.25, 0.3) is 11.6 Å². The first-order chi connectivity index (χ1) is 6.24. The van der Waals surface area contributed by atoms with Gasteiger partial charge in [-0.05, 0) is 12.8 Å². The normalized spacial score (nSPS) is 10.2. The first-order valence-corrected chi connectivity index (χ1v) is 4.55. The number of nitrogens with zero attached hydrogens (tertiary/aromatic N) is 1. The van der Waals surface area contributed by atoms with Gasteiger partial charge in [-0.2, -0.15) is 5.10 Å². The van der Waals surface area contributed by atoms with E-state index in [-0.39, 0.29) is 5.43 Å². The van der Waals surface area contributed by atoms with E-state index in [2.05, 4.69) is 12.0 Å². The molecule has 1 heterocycles. The zero-order valence-corrected chi connectivity index (χ0v) is 7.75. The number of aromatic nitrogens is 2. The molecule has 0 aliphatic rings. The molecule has 1 N–H and O–H groups in total. The van der Waals surface area contributed by atoms with E-state index in [1.54, 1.807) is 0 Å². The molecule has 4 nitrogen and oxygen atoms in total. The summed E-state index contributed by atoms with van der Waals surface area (Å²) in [6, 6.07) is 0. The molecule has 0 saturated heterocycles. The molecule has 1 rings (SSSR count). The minimum atomic E-state index is -0.176. The second-order valence-corrected chi connectivity index (χ2v) is 3.07. The van der Waals surface area contributed by atoms with Gasteiger partial charge in [-0.1, -0.05) is 24.6 Å². The third-order valence-electron chi connectivity index (χ3n) is 1.97. The molecule has 1 aromatic heterocycles. The van der Waals surface area contributed by atoms with E-state index in [0.717, 1.165) is 31.9 Å². The van der Waals surface area contributed by atoms with Gasteiger partial charge in [-0.3, -0.25) is 4.79 Å². The molecular weight excluding hydrogens is 168 g/mol. The van der Waals surface area contributed by atoms with Gasteiger partial charge in [-0.25, -0.2) is 0 Å². The fourth-order valence-corrected chi connectivity index (χ4v) is 1.20. The molecule has 4 heteroatoms. The van der Waals surface area contributed by atoms with E-state index in [9.17, 15) is 10.0 Å². The Morgan fingerprint density at radius 1 is 1.54 bits per heavy atom. The van der Waals surface area contributed by atoms with Gasteiger partial charge in [0.05, 0.1) is 6.20 Å². The number of aromatic amines is 1. The van der Waals surface area contributed by atoms with Gasteiger partial charge in [0.2, 0.25) is 0 Å². The van der Waals surface area contributed by atoms with Gasteiger partial charge >= 0.3 is 0 Å². The summed E-state index contributed by atoms with van der Waals surface area (Å²) in [6.07, 6.45) is 6.52. The maximum Gasteiger partial charge on any atom is 0.254 e. The van der Waals surface area contributed by atoms with Crippen molar-refractivity contribution in [2.75, 3.05) is 0 Å². The van der Waals surface area contributed by atoms with E-state index in [1.807, 2.05) is 0 Å². The molecule has 0 aliphatic carbocycles. The van der Waals surface area contributed by atoms with Crippen molar-refractivity contribution >= 4 is 0 Å². The van der Waals surface area contributed by atoms with Crippen molar-refractivity contribution < 1.29 is 4.85 Å². The van der Waals surface area contributed by atoms with Crippen LogP contribution in [0.4, 0.5) is 0 Å². The minimum Gasteiger partial charge on any atom is -0.596 e. The lowest BCUT2D eigenvalue weighted by atomic mass is 10.1. The van der Waals surface area contributed by atoms with Crippen molar-refractivity contribution in [2.45, 2.75) is 32.6 Å². The number of hydrogen-bond acceptors (Lipinski definition) is 2. The SMILES string of the molecule is CCCCCc1c[nH][n+]([O-])cc1=O. The standard InChI is InChI=1S/C9H14N2O2/c1-2-3-4-5-8-6-10-11(13)7-9(8)12/h6-7,10H,2-5H2,1H3. The quantitative estimate of drug-likeness (QED) is 0.424. The Morgan fingerprint density at radius 2 is 2.31 bits per heavy atom. The third-order valence-corrected chi connectivity index (χ3v) is 1.97. The molecule has 0 atom stereocenters. The summed E-state index contributed by atoms with van der Waals surface area (Å²) in [7, 11) is 0. The Labute approximate surface area is 76.8 Å². The van der Waals surface area contributed by atoms with Crippen LogP contribution in [0.15, 0.2) is 17.2 Å². The highest BCUT2D eigenvalue weighted by Crippen LogP contribution is 1.99. The number of H-pyrrole nitrogens is 1. The molecule has 0 aliphatic heterocycles. The van der Waals surface area contributed by atoms with Crippen molar-refractivity contribution in [3.63, 3.8) is 0 Å². The summed E-state index contributed by atoms with van der Waals surface area (Å²) < 4.78 is 0. The van der Waals surface area contributed by atoms with E-state index < -0.39 is 0 Å². The fraction of sp³-hybridized carbons (Fsp3) is 0.556. The van der Waals surface area contributed by atoms with Crippen molar-refractivity contribution in [3.05, 3.63) is 33.4 Å². The Balaban J connectivity index is 2.62. The zero-order valence-electron chi connectivity index (χ0n) is 7.75. The average molecular weight is 182 g/mol. The molecule has 13 heavy (non-hydrogen) atoms. The summed E-state index contributed by atoms with van der Waals surface area (Å²) in [5, 5.41) is 13.1. The lowest BCUT2D eigenvalue weighted by Crippen LogP contribution is -2.35. The van der Waals surface area contributed by atoms with Crippen molar-refractivity contribution in [2.24, 2.45) is 0 Å². The van der Waals surface area contributed by atoms with E-state index in [1.165, 1.54) is 6.20 Å². The van der Waals surface area contributed by atoms with Crippen molar-refractivity contribution in [1.29, 1.82) is 0 Å². The average Bonchev–Trinajstić information content (AvgIpc) is 2.09. The van der Waals surface area contributed by atoms with E-state index >= 15 is 0 Å². The van der Waals surface area contributed by atoms with Crippen LogP contribution in [0, 0.1) is 5.21 Å². The first kappa shape index (κ1) is 9.77. The highest BCUT2D eigenvalue weighted by atomic mass is 16.5. The molecule has 0 radical (unpaired) electrons. The molecule has 0 aromatic carbocycles. The van der Waals surface area contributed by atoms with Crippen LogP contribution in [0.5, 0.6) is 0 Å². The smallest absolute Gasteiger partial charge is 0.254 e. The Morgan fingerprint density at radius 3 is 2.92 bits per heavy atom. The van der Waals surface area contributed by atoms with Gasteiger partial charge in [0, 0.05) is 5.56 Å². The van der Waals surface area contributed by atoms with E-state index in [4.69, 9.17) is 0 Å². The molecule has 0 bridgehead atoms. The summed E-state index contributed by atoms with van der Waals surface area (Å²) in [4.78, 5) is 11.6. The fourth-order valence-electron chi connectivity index (χ4n) is 1.20. The van der Waals surface area contributed by atoms with Crippen LogP contribution in [0.25, 0.3) is 0 Å². The van der Waals surface area contributed by atoms with Gasteiger partial charge in [0.1, 0.15) is 0 Å². The number of nitrogens with one attached hydrogen (secondary N) is 1. The molecule has 72 valence electrons. The zero-order chi connectivity index (χ0) is 9.68. The Kier molecular flexibility index (Phi) is 3.49. The largest absolute Gasteiger partial charge is 0.596 e. The van der Waals surface area contributed by atoms with Gasteiger partial charge in [0.15, 0.2) is 0 Å². The van der Waals surface area contributed by atoms with Crippen LogP contribution in [0.3, 0.4) is 0 Å². The topological polar surface area (TPSA) is 59.8 Å². The van der Waals surface area contributed by atoms with E-state index in [0.29, 0.717) is 10.4 Å². The summed E-state index contributed by atoms with van der Waals surface area (Å²) in [5.74, 6) is 0. The predicted molar refractivity (Wildman–Crippen MR) is 49.3 cm³/mol. The summed E-state index contributed by atoms with van der Waals surface area (Å²) in [5.41, 5.74) is 0.519. The van der Waals surface area contributed by atoms with Crippen molar-refractivity contribution in [3.8, 4) is 0 Å². The van der Waals surface area contributed by atoms with Gasteiger partial charge < -0.3 is 5.21 Å².